The molecule has 0 N–H and O–H groups in total. The van der Waals surface area contributed by atoms with Crippen LogP contribution in [0.3, 0.4) is 0 Å². The Kier molecular flexibility index (Phi) is 5.58. The van der Waals surface area contributed by atoms with Gasteiger partial charge in [0.25, 0.3) is 0 Å². The van der Waals surface area contributed by atoms with Crippen molar-refractivity contribution in [3.63, 3.8) is 0 Å². The second kappa shape index (κ2) is 7.43. The van der Waals surface area contributed by atoms with Gasteiger partial charge in [-0.15, -0.1) is 0 Å². The van der Waals surface area contributed by atoms with Crippen LogP contribution in [0.5, 0.6) is 0 Å². The quantitative estimate of drug-likeness (QED) is 0.839. The molecular weight excluding hydrogens is 276 g/mol. The number of amides is 2. The van der Waals surface area contributed by atoms with Crippen molar-refractivity contribution in [1.29, 1.82) is 0 Å². The van der Waals surface area contributed by atoms with Crippen LogP contribution in [-0.2, 0) is 16.0 Å². The first kappa shape index (κ1) is 16.5. The number of hydrogen-bond donors (Lipinski definition) is 0. The Balaban J connectivity index is 1.99. The summed E-state index contributed by atoms with van der Waals surface area (Å²) in [6, 6.07) is 8.11. The third kappa shape index (κ3) is 4.09. The van der Waals surface area contributed by atoms with E-state index in [0.29, 0.717) is 25.4 Å². The van der Waals surface area contributed by atoms with Gasteiger partial charge >= 0.3 is 0 Å². The first-order valence-electron chi connectivity index (χ1n) is 8.13. The number of nitrogens with zero attached hydrogens (tertiary/aromatic N) is 2. The highest BCUT2D eigenvalue weighted by molar-refractivity contribution is 5.94. The molecule has 22 heavy (non-hydrogen) atoms. The summed E-state index contributed by atoms with van der Waals surface area (Å²) < 4.78 is 0. The molecule has 0 fully saturated rings. The van der Waals surface area contributed by atoms with Gasteiger partial charge in [-0.2, -0.15) is 0 Å². The molecule has 1 aliphatic heterocycles. The number of hydrogen-bond acceptors (Lipinski definition) is 2. The number of carbonyl (C=O) groups excluding carboxylic acids is 2. The first-order chi connectivity index (χ1) is 10.5. The number of rotatable bonds is 5. The van der Waals surface area contributed by atoms with Crippen molar-refractivity contribution in [3.8, 4) is 0 Å². The zero-order chi connectivity index (χ0) is 16.1. The zero-order valence-corrected chi connectivity index (χ0v) is 13.8. The molecule has 1 aliphatic rings. The lowest BCUT2D eigenvalue weighted by Crippen LogP contribution is -2.39. The van der Waals surface area contributed by atoms with Crippen molar-refractivity contribution >= 4 is 17.5 Å². The average Bonchev–Trinajstić information content (AvgIpc) is 2.50. The minimum atomic E-state index is 0.0422. The average molecular weight is 302 g/mol. The molecule has 0 saturated carbocycles. The van der Waals surface area contributed by atoms with E-state index in [9.17, 15) is 9.59 Å². The van der Waals surface area contributed by atoms with Crippen molar-refractivity contribution in [3.05, 3.63) is 29.8 Å². The minimum absolute atomic E-state index is 0.0422. The van der Waals surface area contributed by atoms with E-state index in [4.69, 9.17) is 0 Å². The lowest BCUT2D eigenvalue weighted by atomic mass is 10.0. The maximum Gasteiger partial charge on any atom is 0.228 e. The van der Waals surface area contributed by atoms with Crippen LogP contribution in [0.4, 0.5) is 5.69 Å². The molecule has 1 heterocycles. The predicted octanol–water partition coefficient (Wildman–Crippen LogP) is 2.86. The van der Waals surface area contributed by atoms with Crippen LogP contribution in [-0.4, -0.2) is 36.3 Å². The van der Waals surface area contributed by atoms with Crippen LogP contribution in [0.2, 0.25) is 0 Å². The van der Waals surface area contributed by atoms with E-state index < -0.39 is 0 Å². The van der Waals surface area contributed by atoms with Crippen molar-refractivity contribution in [1.82, 2.24) is 4.90 Å². The van der Waals surface area contributed by atoms with E-state index in [1.807, 2.05) is 23.1 Å². The zero-order valence-electron chi connectivity index (χ0n) is 13.8. The van der Waals surface area contributed by atoms with Crippen molar-refractivity contribution in [2.75, 3.05) is 24.5 Å². The van der Waals surface area contributed by atoms with Crippen molar-refractivity contribution in [2.24, 2.45) is 5.92 Å². The standard InChI is InChI=1S/C18H26N2O2/c1-14(2)13-19(15(3)21)12-10-18(22)20-11-6-8-16-7-4-5-9-17(16)20/h4-5,7,9,14H,6,8,10-13H2,1-3H3. The molecule has 0 unspecified atom stereocenters. The molecule has 1 aromatic rings. The Hall–Kier alpha value is -1.84. The largest absolute Gasteiger partial charge is 0.342 e. The van der Waals surface area contributed by atoms with E-state index >= 15 is 0 Å². The van der Waals surface area contributed by atoms with E-state index in [-0.39, 0.29) is 11.8 Å². The molecule has 2 rings (SSSR count). The SMILES string of the molecule is CC(=O)N(CCC(=O)N1CCCc2ccccc21)CC(C)C. The van der Waals surface area contributed by atoms with Gasteiger partial charge in [-0.05, 0) is 30.4 Å². The van der Waals surface area contributed by atoms with Gasteiger partial charge in [-0.3, -0.25) is 9.59 Å². The fraction of sp³-hybridized carbons (Fsp3) is 0.556. The molecule has 4 nitrogen and oxygen atoms in total. The van der Waals surface area contributed by atoms with Crippen LogP contribution < -0.4 is 4.90 Å². The summed E-state index contributed by atoms with van der Waals surface area (Å²) in [5, 5.41) is 0. The second-order valence-corrected chi connectivity index (χ2v) is 6.39. The Morgan fingerprint density at radius 1 is 1.27 bits per heavy atom. The van der Waals surface area contributed by atoms with E-state index in [1.165, 1.54) is 5.56 Å². The van der Waals surface area contributed by atoms with Crippen LogP contribution >= 0.6 is 0 Å². The summed E-state index contributed by atoms with van der Waals surface area (Å²) in [6.45, 7) is 7.73. The highest BCUT2D eigenvalue weighted by atomic mass is 16.2. The number of carbonyl (C=O) groups is 2. The fourth-order valence-electron chi connectivity index (χ4n) is 2.98. The number of anilines is 1. The number of aryl methyl sites for hydroxylation is 1. The molecule has 0 radical (unpaired) electrons. The molecule has 0 bridgehead atoms. The number of fused-ring (bicyclic) bond motifs is 1. The highest BCUT2D eigenvalue weighted by Gasteiger charge is 2.22. The van der Waals surface area contributed by atoms with Crippen molar-refractivity contribution in [2.45, 2.75) is 40.0 Å². The summed E-state index contributed by atoms with van der Waals surface area (Å²) in [6.07, 6.45) is 2.43. The summed E-state index contributed by atoms with van der Waals surface area (Å²) in [5.74, 6) is 0.567. The normalized spacial score (nSPS) is 13.9. The van der Waals surface area contributed by atoms with Crippen LogP contribution in [0.25, 0.3) is 0 Å². The fourth-order valence-corrected chi connectivity index (χ4v) is 2.98. The molecule has 0 atom stereocenters. The Morgan fingerprint density at radius 3 is 2.68 bits per heavy atom. The van der Waals surface area contributed by atoms with Crippen LogP contribution in [0, 0.1) is 5.92 Å². The number of para-hydroxylation sites is 1. The lowest BCUT2D eigenvalue weighted by molar-refractivity contribution is -0.130. The van der Waals surface area contributed by atoms with Gasteiger partial charge < -0.3 is 9.80 Å². The monoisotopic (exact) mass is 302 g/mol. The molecular formula is C18H26N2O2. The van der Waals surface area contributed by atoms with Gasteiger partial charge in [-0.25, -0.2) is 0 Å². The third-order valence-corrected chi connectivity index (χ3v) is 4.04. The Morgan fingerprint density at radius 2 is 2.00 bits per heavy atom. The Labute approximate surface area is 133 Å². The molecule has 0 aromatic heterocycles. The Bertz CT molecular complexity index is 540. The first-order valence-corrected chi connectivity index (χ1v) is 8.13. The van der Waals surface area contributed by atoms with E-state index in [1.54, 1.807) is 11.8 Å². The summed E-state index contributed by atoms with van der Waals surface area (Å²) in [7, 11) is 0. The van der Waals surface area contributed by atoms with Gasteiger partial charge in [0.05, 0.1) is 0 Å². The summed E-state index contributed by atoms with van der Waals surface area (Å²) in [5.41, 5.74) is 2.28. The van der Waals surface area contributed by atoms with E-state index in [0.717, 1.165) is 25.1 Å². The molecule has 120 valence electrons. The third-order valence-electron chi connectivity index (χ3n) is 4.04. The van der Waals surface area contributed by atoms with Crippen molar-refractivity contribution < 1.29 is 9.59 Å². The molecule has 0 spiro atoms. The summed E-state index contributed by atoms with van der Waals surface area (Å²) in [4.78, 5) is 27.9. The van der Waals surface area contributed by atoms with Gasteiger partial charge in [0.1, 0.15) is 0 Å². The van der Waals surface area contributed by atoms with Gasteiger partial charge in [0, 0.05) is 38.7 Å². The van der Waals surface area contributed by atoms with Crippen LogP contribution in [0.1, 0.15) is 39.2 Å². The molecule has 4 heteroatoms. The molecule has 2 amide bonds. The smallest absolute Gasteiger partial charge is 0.228 e. The van der Waals surface area contributed by atoms with Gasteiger partial charge in [0.2, 0.25) is 11.8 Å². The second-order valence-electron chi connectivity index (χ2n) is 6.39. The number of benzene rings is 1. The van der Waals surface area contributed by atoms with E-state index in [2.05, 4.69) is 19.9 Å². The summed E-state index contributed by atoms with van der Waals surface area (Å²) >= 11 is 0. The maximum absolute atomic E-state index is 12.6. The van der Waals surface area contributed by atoms with Crippen LogP contribution in [0.15, 0.2) is 24.3 Å². The maximum atomic E-state index is 12.6. The molecule has 0 saturated heterocycles. The molecule has 1 aromatic carbocycles. The predicted molar refractivity (Wildman–Crippen MR) is 88.8 cm³/mol. The van der Waals surface area contributed by atoms with Gasteiger partial charge in [-0.1, -0.05) is 32.0 Å². The minimum Gasteiger partial charge on any atom is -0.342 e. The topological polar surface area (TPSA) is 40.6 Å². The lowest BCUT2D eigenvalue weighted by Gasteiger charge is -2.30. The van der Waals surface area contributed by atoms with Gasteiger partial charge in [0.15, 0.2) is 0 Å². The molecule has 0 aliphatic carbocycles. The highest BCUT2D eigenvalue weighted by Crippen LogP contribution is 2.27.